The highest BCUT2D eigenvalue weighted by Crippen LogP contribution is 2.21. The Kier molecular flexibility index (Phi) is 6.30. The van der Waals surface area contributed by atoms with E-state index in [2.05, 4.69) is 26.6 Å². The monoisotopic (exact) mass is 354 g/mol. The number of urea groups is 1. The highest BCUT2D eigenvalue weighted by atomic mass is 16.5. The largest absolute Gasteiger partial charge is 0.497 e. The average Bonchev–Trinajstić information content (AvgIpc) is 2.72. The molecule has 0 radical (unpaired) electrons. The zero-order valence-corrected chi connectivity index (χ0v) is 15.1. The van der Waals surface area contributed by atoms with E-state index in [9.17, 15) is 4.79 Å². The molecule has 1 aliphatic rings. The van der Waals surface area contributed by atoms with E-state index in [-0.39, 0.29) is 6.03 Å². The number of ether oxygens (including phenoxy) is 1. The van der Waals surface area contributed by atoms with Crippen molar-refractivity contribution in [2.24, 2.45) is 5.92 Å². The third kappa shape index (κ3) is 5.12. The van der Waals surface area contributed by atoms with Crippen molar-refractivity contribution in [3.63, 3.8) is 0 Å². The van der Waals surface area contributed by atoms with Gasteiger partial charge in [0.25, 0.3) is 0 Å². The minimum absolute atomic E-state index is 0.115. The smallest absolute Gasteiger partial charge is 0.315 e. The average molecular weight is 354 g/mol. The number of nitrogens with zero attached hydrogens (tertiary/aromatic N) is 2. The van der Waals surface area contributed by atoms with Gasteiger partial charge in [-0.2, -0.15) is 0 Å². The first-order valence-corrected chi connectivity index (χ1v) is 9.04. The van der Waals surface area contributed by atoms with Crippen LogP contribution in [0.25, 0.3) is 0 Å². The summed E-state index contributed by atoms with van der Waals surface area (Å²) in [5.74, 6) is 1.34. The molecule has 2 amide bonds. The summed E-state index contributed by atoms with van der Waals surface area (Å²) in [6.07, 6.45) is 5.86. The number of piperidine rings is 1. The summed E-state index contributed by atoms with van der Waals surface area (Å²) in [5.41, 5.74) is 2.22. The third-order valence-corrected chi connectivity index (χ3v) is 4.79. The molecule has 138 valence electrons. The van der Waals surface area contributed by atoms with Crippen molar-refractivity contribution in [2.45, 2.75) is 19.4 Å². The lowest BCUT2D eigenvalue weighted by Gasteiger charge is -2.33. The van der Waals surface area contributed by atoms with Gasteiger partial charge in [0.1, 0.15) is 5.75 Å². The highest BCUT2D eigenvalue weighted by Gasteiger charge is 2.19. The van der Waals surface area contributed by atoms with Crippen LogP contribution in [0.5, 0.6) is 5.75 Å². The standard InChI is InChI=1S/C20H26N4O2/c1-26-19-6-4-16(5-7-19)13-22-20(25)23-14-17-8-11-24(12-9-17)18-3-2-10-21-15-18/h2-7,10,15,17H,8-9,11-14H2,1H3,(H2,22,23,25). The second-order valence-electron chi connectivity index (χ2n) is 6.55. The quantitative estimate of drug-likeness (QED) is 0.837. The van der Waals surface area contributed by atoms with Crippen LogP contribution in [0.15, 0.2) is 48.8 Å². The number of pyridine rings is 1. The Morgan fingerprint density at radius 2 is 1.96 bits per heavy atom. The maximum Gasteiger partial charge on any atom is 0.315 e. The van der Waals surface area contributed by atoms with Gasteiger partial charge in [0, 0.05) is 32.4 Å². The van der Waals surface area contributed by atoms with E-state index in [1.807, 2.05) is 36.5 Å². The predicted octanol–water partition coefficient (Wildman–Crippen LogP) is 2.81. The Labute approximate surface area is 154 Å². The molecule has 2 N–H and O–H groups in total. The molecule has 6 nitrogen and oxygen atoms in total. The van der Waals surface area contributed by atoms with Crippen molar-refractivity contribution in [1.29, 1.82) is 0 Å². The van der Waals surface area contributed by atoms with Crippen LogP contribution in [0.1, 0.15) is 18.4 Å². The van der Waals surface area contributed by atoms with Crippen LogP contribution in [0.3, 0.4) is 0 Å². The van der Waals surface area contributed by atoms with Gasteiger partial charge in [-0.1, -0.05) is 12.1 Å². The molecule has 1 fully saturated rings. The van der Waals surface area contributed by atoms with Gasteiger partial charge in [0.2, 0.25) is 0 Å². The van der Waals surface area contributed by atoms with Crippen molar-refractivity contribution in [3.05, 3.63) is 54.4 Å². The Hall–Kier alpha value is -2.76. The summed E-state index contributed by atoms with van der Waals surface area (Å²) in [6, 6.07) is 11.6. The Morgan fingerprint density at radius 3 is 2.62 bits per heavy atom. The number of hydrogen-bond acceptors (Lipinski definition) is 4. The molecule has 0 spiro atoms. The van der Waals surface area contributed by atoms with Crippen LogP contribution in [0.4, 0.5) is 10.5 Å². The van der Waals surface area contributed by atoms with Crippen LogP contribution >= 0.6 is 0 Å². The summed E-state index contributed by atoms with van der Waals surface area (Å²) in [6.45, 7) is 3.24. The number of rotatable bonds is 6. The molecule has 1 aromatic carbocycles. The molecular weight excluding hydrogens is 328 g/mol. The second-order valence-corrected chi connectivity index (χ2v) is 6.55. The molecule has 6 heteroatoms. The fraction of sp³-hybridized carbons (Fsp3) is 0.400. The van der Waals surface area contributed by atoms with Crippen molar-refractivity contribution >= 4 is 11.7 Å². The molecule has 3 rings (SSSR count). The number of aromatic nitrogens is 1. The van der Waals surface area contributed by atoms with Gasteiger partial charge in [-0.25, -0.2) is 4.79 Å². The molecule has 2 heterocycles. The fourth-order valence-electron chi connectivity index (χ4n) is 3.16. The van der Waals surface area contributed by atoms with E-state index in [4.69, 9.17) is 4.74 Å². The van der Waals surface area contributed by atoms with Gasteiger partial charge < -0.3 is 20.3 Å². The SMILES string of the molecule is COc1ccc(CNC(=O)NCC2CCN(c3cccnc3)CC2)cc1. The summed E-state index contributed by atoms with van der Waals surface area (Å²) in [5, 5.41) is 5.90. The van der Waals surface area contributed by atoms with Gasteiger partial charge in [-0.3, -0.25) is 4.98 Å². The van der Waals surface area contributed by atoms with Crippen molar-refractivity contribution in [1.82, 2.24) is 15.6 Å². The Bertz CT molecular complexity index is 683. The van der Waals surface area contributed by atoms with Crippen LogP contribution in [-0.2, 0) is 6.54 Å². The van der Waals surface area contributed by atoms with Crippen LogP contribution < -0.4 is 20.3 Å². The molecule has 0 saturated carbocycles. The normalized spacial score (nSPS) is 14.7. The zero-order valence-electron chi connectivity index (χ0n) is 15.1. The Balaban J connectivity index is 1.34. The molecule has 0 bridgehead atoms. The first-order chi connectivity index (χ1) is 12.7. The fourth-order valence-corrected chi connectivity index (χ4v) is 3.16. The molecule has 1 aliphatic heterocycles. The molecular formula is C20H26N4O2. The first-order valence-electron chi connectivity index (χ1n) is 9.04. The number of anilines is 1. The summed E-state index contributed by atoms with van der Waals surface area (Å²) < 4.78 is 5.13. The summed E-state index contributed by atoms with van der Waals surface area (Å²) in [7, 11) is 1.64. The minimum Gasteiger partial charge on any atom is -0.497 e. The van der Waals surface area contributed by atoms with Crippen molar-refractivity contribution in [3.8, 4) is 5.75 Å². The van der Waals surface area contributed by atoms with Crippen molar-refractivity contribution in [2.75, 3.05) is 31.6 Å². The molecule has 0 atom stereocenters. The lowest BCUT2D eigenvalue weighted by Crippen LogP contribution is -2.41. The molecule has 26 heavy (non-hydrogen) atoms. The van der Waals surface area contributed by atoms with Crippen molar-refractivity contribution < 1.29 is 9.53 Å². The van der Waals surface area contributed by atoms with Crippen LogP contribution in [0.2, 0.25) is 0 Å². The molecule has 1 saturated heterocycles. The maximum absolute atomic E-state index is 12.0. The molecule has 1 aromatic heterocycles. The second kappa shape index (κ2) is 9.08. The van der Waals surface area contributed by atoms with Gasteiger partial charge in [-0.15, -0.1) is 0 Å². The first kappa shape index (κ1) is 18.0. The number of hydrogen-bond donors (Lipinski definition) is 2. The van der Waals surface area contributed by atoms with Gasteiger partial charge in [0.15, 0.2) is 0 Å². The minimum atomic E-state index is -0.115. The van der Waals surface area contributed by atoms with Crippen LogP contribution in [0, 0.1) is 5.92 Å². The van der Waals surface area contributed by atoms with Gasteiger partial charge in [-0.05, 0) is 48.6 Å². The van der Waals surface area contributed by atoms with E-state index in [1.165, 1.54) is 5.69 Å². The maximum atomic E-state index is 12.0. The van der Waals surface area contributed by atoms with E-state index in [0.29, 0.717) is 12.5 Å². The molecule has 2 aromatic rings. The van der Waals surface area contributed by atoms with Gasteiger partial charge >= 0.3 is 6.03 Å². The van der Waals surface area contributed by atoms with E-state index < -0.39 is 0 Å². The van der Waals surface area contributed by atoms with E-state index in [1.54, 1.807) is 13.3 Å². The number of methoxy groups -OCH3 is 1. The number of carbonyl (C=O) groups is 1. The number of amides is 2. The van der Waals surface area contributed by atoms with Crippen LogP contribution in [-0.4, -0.2) is 37.8 Å². The summed E-state index contributed by atoms with van der Waals surface area (Å²) in [4.78, 5) is 18.5. The van der Waals surface area contributed by atoms with Gasteiger partial charge in [0.05, 0.1) is 19.0 Å². The highest BCUT2D eigenvalue weighted by molar-refractivity contribution is 5.73. The number of benzene rings is 1. The zero-order chi connectivity index (χ0) is 18.2. The summed E-state index contributed by atoms with van der Waals surface area (Å²) >= 11 is 0. The predicted molar refractivity (Wildman–Crippen MR) is 102 cm³/mol. The Morgan fingerprint density at radius 1 is 1.19 bits per heavy atom. The van der Waals surface area contributed by atoms with E-state index >= 15 is 0 Å². The molecule has 0 aliphatic carbocycles. The number of carbonyl (C=O) groups excluding carboxylic acids is 1. The molecule has 0 unspecified atom stereocenters. The lowest BCUT2D eigenvalue weighted by atomic mass is 9.96. The van der Waals surface area contributed by atoms with E-state index in [0.717, 1.165) is 43.8 Å². The number of nitrogens with one attached hydrogen (secondary N) is 2. The topological polar surface area (TPSA) is 66.5 Å². The third-order valence-electron chi connectivity index (χ3n) is 4.79. The lowest BCUT2D eigenvalue weighted by molar-refractivity contribution is 0.237.